The van der Waals surface area contributed by atoms with Gasteiger partial charge in [-0.05, 0) is 55.1 Å². The van der Waals surface area contributed by atoms with Crippen molar-refractivity contribution in [3.8, 4) is 0 Å². The first kappa shape index (κ1) is 20.7. The van der Waals surface area contributed by atoms with Gasteiger partial charge in [-0.1, -0.05) is 36.4 Å². The van der Waals surface area contributed by atoms with Crippen LogP contribution < -0.4 is 15.5 Å². The van der Waals surface area contributed by atoms with Gasteiger partial charge in [-0.15, -0.1) is 0 Å². The maximum absolute atomic E-state index is 12.7. The second-order valence-corrected chi connectivity index (χ2v) is 7.85. The molecule has 3 aromatic rings. The monoisotopic (exact) mass is 434 g/mol. The lowest BCUT2D eigenvalue weighted by atomic mass is 10.1. The molecular weight excluding hydrogens is 412 g/mol. The molecule has 0 radical (unpaired) electrons. The van der Waals surface area contributed by atoms with E-state index >= 15 is 0 Å². The highest BCUT2D eigenvalue weighted by atomic mass is 32.1. The van der Waals surface area contributed by atoms with Crippen LogP contribution in [0.15, 0.2) is 60.7 Å². The van der Waals surface area contributed by atoms with Crippen LogP contribution in [0.1, 0.15) is 29.6 Å². The average molecular weight is 435 g/mol. The summed E-state index contributed by atoms with van der Waals surface area (Å²) in [5.74, 6) is -0.494. The van der Waals surface area contributed by atoms with Crippen LogP contribution in [0.25, 0.3) is 10.8 Å². The van der Waals surface area contributed by atoms with Crippen LogP contribution in [-0.4, -0.2) is 29.0 Å². The molecule has 2 N–H and O–H groups in total. The third kappa shape index (κ3) is 4.64. The Kier molecular flexibility index (Phi) is 6.08. The topological polar surface area (TPSA) is 87.5 Å². The summed E-state index contributed by atoms with van der Waals surface area (Å²) in [5.41, 5.74) is 1.45. The second-order valence-electron chi connectivity index (χ2n) is 7.44. The number of amides is 1. The van der Waals surface area contributed by atoms with Gasteiger partial charge in [-0.3, -0.25) is 20.2 Å². The van der Waals surface area contributed by atoms with Crippen molar-refractivity contribution in [3.63, 3.8) is 0 Å². The van der Waals surface area contributed by atoms with Crippen LogP contribution in [0, 0.1) is 10.1 Å². The van der Waals surface area contributed by atoms with E-state index in [-0.39, 0.29) is 16.4 Å². The molecule has 1 aliphatic heterocycles. The van der Waals surface area contributed by atoms with E-state index in [4.69, 9.17) is 12.2 Å². The van der Waals surface area contributed by atoms with Gasteiger partial charge in [0.15, 0.2) is 5.11 Å². The summed E-state index contributed by atoms with van der Waals surface area (Å²) in [6.45, 7) is 1.57. The lowest BCUT2D eigenvalue weighted by molar-refractivity contribution is -0.384. The molecular formula is C23H22N4O3S. The van der Waals surface area contributed by atoms with Crippen molar-refractivity contribution >= 4 is 51.1 Å². The highest BCUT2D eigenvalue weighted by molar-refractivity contribution is 7.80. The average Bonchev–Trinajstić information content (AvgIpc) is 2.79. The summed E-state index contributed by atoms with van der Waals surface area (Å²) in [7, 11) is 0. The highest BCUT2D eigenvalue weighted by Crippen LogP contribution is 2.31. The van der Waals surface area contributed by atoms with E-state index in [0.29, 0.717) is 5.69 Å². The number of nitrogens with one attached hydrogen (secondary N) is 2. The number of fused-ring (bicyclic) bond motifs is 1. The van der Waals surface area contributed by atoms with E-state index in [1.54, 1.807) is 12.1 Å². The summed E-state index contributed by atoms with van der Waals surface area (Å²) >= 11 is 5.30. The van der Waals surface area contributed by atoms with E-state index in [0.717, 1.165) is 48.8 Å². The molecule has 1 saturated heterocycles. The number of thiocarbonyl (C=S) groups is 1. The molecule has 1 fully saturated rings. The Morgan fingerprint density at radius 1 is 1.00 bits per heavy atom. The SMILES string of the molecule is O=C(NC(=S)Nc1cccc2ccccc12)c1ccc(N2CCCCC2)c([N+](=O)[O-])c1. The van der Waals surface area contributed by atoms with Crippen LogP contribution in [0.2, 0.25) is 0 Å². The van der Waals surface area contributed by atoms with Gasteiger partial charge >= 0.3 is 0 Å². The van der Waals surface area contributed by atoms with E-state index in [1.165, 1.54) is 6.07 Å². The quantitative estimate of drug-likeness (QED) is 0.346. The Hall–Kier alpha value is -3.52. The lowest BCUT2D eigenvalue weighted by Crippen LogP contribution is -2.34. The fraction of sp³-hybridized carbons (Fsp3) is 0.217. The number of hydrogen-bond acceptors (Lipinski definition) is 5. The Morgan fingerprint density at radius 3 is 2.52 bits per heavy atom. The molecule has 0 bridgehead atoms. The molecule has 0 unspecified atom stereocenters. The van der Waals surface area contributed by atoms with E-state index in [2.05, 4.69) is 10.6 Å². The molecule has 31 heavy (non-hydrogen) atoms. The third-order valence-corrected chi connectivity index (χ3v) is 5.60. The number of carbonyl (C=O) groups is 1. The van der Waals surface area contributed by atoms with Crippen molar-refractivity contribution in [1.29, 1.82) is 0 Å². The molecule has 0 atom stereocenters. The second kappa shape index (κ2) is 9.09. The first-order valence-electron chi connectivity index (χ1n) is 10.2. The number of nitrogens with zero attached hydrogens (tertiary/aromatic N) is 2. The van der Waals surface area contributed by atoms with Gasteiger partial charge in [0, 0.05) is 35.8 Å². The summed E-state index contributed by atoms with van der Waals surface area (Å²) in [5, 5.41) is 19.5. The van der Waals surface area contributed by atoms with Gasteiger partial charge in [0.25, 0.3) is 11.6 Å². The summed E-state index contributed by atoms with van der Waals surface area (Å²) in [6, 6.07) is 18.2. The largest absolute Gasteiger partial charge is 0.366 e. The minimum absolute atomic E-state index is 0.0671. The molecule has 0 aromatic heterocycles. The van der Waals surface area contributed by atoms with Gasteiger partial charge in [0.05, 0.1) is 4.92 Å². The molecule has 4 rings (SSSR count). The maximum atomic E-state index is 12.7. The van der Waals surface area contributed by atoms with Gasteiger partial charge in [0.2, 0.25) is 0 Å². The number of nitro groups is 1. The molecule has 0 saturated carbocycles. The Morgan fingerprint density at radius 2 is 1.74 bits per heavy atom. The molecule has 1 heterocycles. The van der Waals surface area contributed by atoms with Crippen molar-refractivity contribution in [3.05, 3.63) is 76.3 Å². The third-order valence-electron chi connectivity index (χ3n) is 5.40. The van der Waals surface area contributed by atoms with Gasteiger partial charge in [-0.25, -0.2) is 0 Å². The van der Waals surface area contributed by atoms with Crippen molar-refractivity contribution < 1.29 is 9.72 Å². The Balaban J connectivity index is 1.50. The molecule has 1 amide bonds. The predicted molar refractivity (Wildman–Crippen MR) is 127 cm³/mol. The zero-order chi connectivity index (χ0) is 21.8. The van der Waals surface area contributed by atoms with Crippen LogP contribution in [0.3, 0.4) is 0 Å². The number of nitro benzene ring substituents is 1. The summed E-state index contributed by atoms with van der Waals surface area (Å²) in [6.07, 6.45) is 3.15. The van der Waals surface area contributed by atoms with Crippen molar-refractivity contribution in [2.75, 3.05) is 23.3 Å². The van der Waals surface area contributed by atoms with Crippen LogP contribution in [-0.2, 0) is 0 Å². The van der Waals surface area contributed by atoms with Crippen LogP contribution in [0.5, 0.6) is 0 Å². The number of piperidine rings is 1. The summed E-state index contributed by atoms with van der Waals surface area (Å²) < 4.78 is 0. The van der Waals surface area contributed by atoms with E-state index in [1.807, 2.05) is 47.4 Å². The minimum Gasteiger partial charge on any atom is -0.366 e. The number of benzene rings is 3. The predicted octanol–water partition coefficient (Wildman–Crippen LogP) is 4.87. The van der Waals surface area contributed by atoms with Gasteiger partial charge in [-0.2, -0.15) is 0 Å². The maximum Gasteiger partial charge on any atom is 0.293 e. The molecule has 1 aliphatic rings. The summed E-state index contributed by atoms with van der Waals surface area (Å²) in [4.78, 5) is 25.9. The standard InChI is InChI=1S/C23H22N4O3S/c28-22(25-23(31)24-19-10-6-8-16-7-2-3-9-18(16)19)17-11-12-20(21(15-17)27(29)30)26-13-4-1-5-14-26/h2-3,6-12,15H,1,4-5,13-14H2,(H2,24,25,28,31). The van der Waals surface area contributed by atoms with Crippen LogP contribution in [0.4, 0.5) is 17.1 Å². The first-order valence-corrected chi connectivity index (χ1v) is 10.6. The first-order chi connectivity index (χ1) is 15.0. The molecule has 0 spiro atoms. The number of anilines is 2. The van der Waals surface area contributed by atoms with Crippen LogP contribution >= 0.6 is 12.2 Å². The number of carbonyl (C=O) groups excluding carboxylic acids is 1. The number of rotatable bonds is 4. The van der Waals surface area contributed by atoms with Crippen molar-refractivity contribution in [2.24, 2.45) is 0 Å². The minimum atomic E-state index is -0.494. The Labute approximate surface area is 185 Å². The van der Waals surface area contributed by atoms with Gasteiger partial charge in [0.1, 0.15) is 5.69 Å². The fourth-order valence-corrected chi connectivity index (χ4v) is 4.08. The van der Waals surface area contributed by atoms with E-state index in [9.17, 15) is 14.9 Å². The molecule has 7 nitrogen and oxygen atoms in total. The molecule has 8 heteroatoms. The highest BCUT2D eigenvalue weighted by Gasteiger charge is 2.23. The fourth-order valence-electron chi connectivity index (χ4n) is 3.88. The normalized spacial score (nSPS) is 13.6. The zero-order valence-electron chi connectivity index (χ0n) is 16.8. The van der Waals surface area contributed by atoms with Gasteiger partial charge < -0.3 is 10.2 Å². The molecule has 158 valence electrons. The van der Waals surface area contributed by atoms with Crippen molar-refractivity contribution in [1.82, 2.24) is 5.32 Å². The lowest BCUT2D eigenvalue weighted by Gasteiger charge is -2.28. The smallest absolute Gasteiger partial charge is 0.293 e. The molecule has 0 aliphatic carbocycles. The Bertz CT molecular complexity index is 1150. The van der Waals surface area contributed by atoms with E-state index < -0.39 is 10.8 Å². The number of hydrogen-bond donors (Lipinski definition) is 2. The molecule has 3 aromatic carbocycles. The zero-order valence-corrected chi connectivity index (χ0v) is 17.7. The van der Waals surface area contributed by atoms with Crippen molar-refractivity contribution in [2.45, 2.75) is 19.3 Å².